The molecule has 1 N–H and O–H groups in total. The number of benzene rings is 1. The van der Waals surface area contributed by atoms with Gasteiger partial charge in [0.15, 0.2) is 0 Å². The van der Waals surface area contributed by atoms with Crippen LogP contribution in [0.3, 0.4) is 0 Å². The predicted octanol–water partition coefficient (Wildman–Crippen LogP) is 3.64. The van der Waals surface area contributed by atoms with E-state index in [4.69, 9.17) is 0 Å². The van der Waals surface area contributed by atoms with Gasteiger partial charge in [0.2, 0.25) is 10.0 Å². The third-order valence-corrected chi connectivity index (χ3v) is 6.89. The first-order valence-corrected chi connectivity index (χ1v) is 11.2. The van der Waals surface area contributed by atoms with Crippen molar-refractivity contribution in [3.05, 3.63) is 44.8 Å². The van der Waals surface area contributed by atoms with Crippen molar-refractivity contribution in [2.75, 3.05) is 0 Å². The molecule has 6 nitrogen and oxygen atoms in total. The molecule has 0 aliphatic rings. The molecule has 142 valence electrons. The summed E-state index contributed by atoms with van der Waals surface area (Å²) in [5.41, 5.74) is 0.309. The molecule has 0 unspecified atom stereocenters. The molecule has 0 saturated heterocycles. The third kappa shape index (κ3) is 5.12. The number of hydrogen-bond donors (Lipinski definition) is 1. The number of sulfonamides is 1. The van der Waals surface area contributed by atoms with Crippen molar-refractivity contribution in [2.45, 2.75) is 51.2 Å². The molecule has 1 heterocycles. The van der Waals surface area contributed by atoms with Crippen LogP contribution in [0.4, 0.5) is 0 Å². The molecule has 26 heavy (non-hydrogen) atoms. The highest BCUT2D eigenvalue weighted by molar-refractivity contribution is 9.10. The second-order valence-corrected chi connectivity index (χ2v) is 10.1. The van der Waals surface area contributed by atoms with E-state index in [1.165, 1.54) is 15.6 Å². The first-order valence-electron chi connectivity index (χ1n) is 8.14. The van der Waals surface area contributed by atoms with Crippen LogP contribution in [-0.4, -0.2) is 35.7 Å². The Bertz CT molecular complexity index is 862. The Morgan fingerprint density at radius 2 is 1.85 bits per heavy atom. The minimum atomic E-state index is -3.67. The van der Waals surface area contributed by atoms with Gasteiger partial charge in [0, 0.05) is 21.9 Å². The van der Waals surface area contributed by atoms with Crippen LogP contribution in [0.5, 0.6) is 0 Å². The standard InChI is InChI=1S/C17H22BrN3O3S2/c1-11(2)19-17(22)15-10-25-16(20-15)9-21(12(3)4)26(23,24)14-7-5-13(18)6-8-14/h5-8,10-12H,9H2,1-4H3,(H,19,22). The van der Waals surface area contributed by atoms with Crippen LogP contribution in [0, 0.1) is 0 Å². The highest BCUT2D eigenvalue weighted by atomic mass is 79.9. The van der Waals surface area contributed by atoms with Crippen molar-refractivity contribution in [3.8, 4) is 0 Å². The van der Waals surface area contributed by atoms with E-state index < -0.39 is 10.0 Å². The molecule has 0 aliphatic carbocycles. The third-order valence-electron chi connectivity index (χ3n) is 3.49. The van der Waals surface area contributed by atoms with Gasteiger partial charge < -0.3 is 5.32 Å². The van der Waals surface area contributed by atoms with Gasteiger partial charge in [-0.2, -0.15) is 4.31 Å². The van der Waals surface area contributed by atoms with E-state index in [1.807, 2.05) is 27.7 Å². The SMILES string of the molecule is CC(C)NC(=O)c1csc(CN(C(C)C)S(=O)(=O)c2ccc(Br)cc2)n1. The number of amides is 1. The summed E-state index contributed by atoms with van der Waals surface area (Å²) in [4.78, 5) is 16.6. The Labute approximate surface area is 166 Å². The molecule has 0 radical (unpaired) electrons. The Morgan fingerprint density at radius 1 is 1.23 bits per heavy atom. The fourth-order valence-electron chi connectivity index (χ4n) is 2.24. The van der Waals surface area contributed by atoms with E-state index in [0.29, 0.717) is 10.7 Å². The van der Waals surface area contributed by atoms with Gasteiger partial charge in [-0.15, -0.1) is 11.3 Å². The summed E-state index contributed by atoms with van der Waals surface area (Å²) in [6, 6.07) is 6.29. The number of nitrogens with zero attached hydrogens (tertiary/aromatic N) is 2. The monoisotopic (exact) mass is 459 g/mol. The molecule has 0 atom stereocenters. The minimum Gasteiger partial charge on any atom is -0.349 e. The number of rotatable bonds is 7. The normalized spacial score (nSPS) is 12.2. The zero-order chi connectivity index (χ0) is 19.5. The van der Waals surface area contributed by atoms with E-state index in [1.54, 1.807) is 29.6 Å². The first kappa shape index (κ1) is 21.0. The zero-order valence-corrected chi connectivity index (χ0v) is 18.3. The molecule has 2 aromatic rings. The summed E-state index contributed by atoms with van der Waals surface area (Å²) in [5.74, 6) is -0.255. The van der Waals surface area contributed by atoms with Gasteiger partial charge in [0.1, 0.15) is 10.7 Å². The Kier molecular flexibility index (Phi) is 6.95. The molecular formula is C17H22BrN3O3S2. The molecule has 9 heteroatoms. The van der Waals surface area contributed by atoms with Crippen LogP contribution in [0.1, 0.15) is 43.2 Å². The van der Waals surface area contributed by atoms with E-state index >= 15 is 0 Å². The second-order valence-electron chi connectivity index (χ2n) is 6.35. The lowest BCUT2D eigenvalue weighted by Crippen LogP contribution is -2.36. The molecule has 1 amide bonds. The molecule has 0 spiro atoms. The summed E-state index contributed by atoms with van der Waals surface area (Å²) in [5, 5.41) is 5.01. The molecule has 1 aromatic heterocycles. The maximum Gasteiger partial charge on any atom is 0.270 e. The van der Waals surface area contributed by atoms with Gasteiger partial charge >= 0.3 is 0 Å². The van der Waals surface area contributed by atoms with Crippen LogP contribution in [-0.2, 0) is 16.6 Å². The lowest BCUT2D eigenvalue weighted by atomic mass is 10.3. The Balaban J connectivity index is 2.25. The summed E-state index contributed by atoms with van der Waals surface area (Å²) in [7, 11) is -3.67. The lowest BCUT2D eigenvalue weighted by molar-refractivity contribution is 0.0938. The Hall–Kier alpha value is -1.29. The average Bonchev–Trinajstić information content (AvgIpc) is 3.01. The van der Waals surface area contributed by atoms with Crippen molar-refractivity contribution in [3.63, 3.8) is 0 Å². The van der Waals surface area contributed by atoms with Gasteiger partial charge in [-0.1, -0.05) is 15.9 Å². The summed E-state index contributed by atoms with van der Waals surface area (Å²) < 4.78 is 28.2. The maximum atomic E-state index is 13.0. The van der Waals surface area contributed by atoms with E-state index in [2.05, 4.69) is 26.2 Å². The largest absolute Gasteiger partial charge is 0.349 e. The van der Waals surface area contributed by atoms with Crippen molar-refractivity contribution in [2.24, 2.45) is 0 Å². The Morgan fingerprint density at radius 3 is 2.38 bits per heavy atom. The molecular weight excluding hydrogens is 438 g/mol. The van der Waals surface area contributed by atoms with Gasteiger partial charge in [-0.25, -0.2) is 13.4 Å². The topological polar surface area (TPSA) is 79.4 Å². The smallest absolute Gasteiger partial charge is 0.270 e. The van der Waals surface area contributed by atoms with Gasteiger partial charge in [0.05, 0.1) is 11.4 Å². The van der Waals surface area contributed by atoms with Crippen molar-refractivity contribution in [1.29, 1.82) is 0 Å². The van der Waals surface area contributed by atoms with Gasteiger partial charge in [0.25, 0.3) is 5.91 Å². The summed E-state index contributed by atoms with van der Waals surface area (Å²) in [6.45, 7) is 7.50. The van der Waals surface area contributed by atoms with Crippen molar-refractivity contribution < 1.29 is 13.2 Å². The molecule has 1 aromatic carbocycles. The highest BCUT2D eigenvalue weighted by Gasteiger charge is 2.28. The number of carbonyl (C=O) groups excluding carboxylic acids is 1. The highest BCUT2D eigenvalue weighted by Crippen LogP contribution is 2.24. The number of aromatic nitrogens is 1. The van der Waals surface area contributed by atoms with E-state index in [-0.39, 0.29) is 29.4 Å². The van der Waals surface area contributed by atoms with Crippen LogP contribution in [0.15, 0.2) is 39.0 Å². The lowest BCUT2D eigenvalue weighted by Gasteiger charge is -2.25. The van der Waals surface area contributed by atoms with E-state index in [9.17, 15) is 13.2 Å². The molecule has 0 aliphatic heterocycles. The minimum absolute atomic E-state index is 0.0117. The van der Waals surface area contributed by atoms with Crippen LogP contribution >= 0.6 is 27.3 Å². The number of carbonyl (C=O) groups is 1. The number of thiazole rings is 1. The molecule has 0 bridgehead atoms. The number of halogens is 1. The number of nitrogens with one attached hydrogen (secondary N) is 1. The quantitative estimate of drug-likeness (QED) is 0.684. The van der Waals surface area contributed by atoms with Crippen molar-refractivity contribution in [1.82, 2.24) is 14.6 Å². The fourth-order valence-corrected chi connectivity index (χ4v) is 4.96. The molecule has 0 saturated carbocycles. The molecule has 2 rings (SSSR count). The predicted molar refractivity (Wildman–Crippen MR) is 107 cm³/mol. The van der Waals surface area contributed by atoms with E-state index in [0.717, 1.165) is 4.47 Å². The summed E-state index contributed by atoms with van der Waals surface area (Å²) >= 11 is 4.59. The van der Waals surface area contributed by atoms with Crippen LogP contribution < -0.4 is 5.32 Å². The summed E-state index contributed by atoms with van der Waals surface area (Å²) in [6.07, 6.45) is 0. The average molecular weight is 460 g/mol. The fraction of sp³-hybridized carbons (Fsp3) is 0.412. The second kappa shape index (κ2) is 8.60. The van der Waals surface area contributed by atoms with Crippen molar-refractivity contribution >= 4 is 43.2 Å². The number of hydrogen-bond acceptors (Lipinski definition) is 5. The zero-order valence-electron chi connectivity index (χ0n) is 15.1. The van der Waals surface area contributed by atoms with Gasteiger partial charge in [-0.05, 0) is 52.0 Å². The molecule has 0 fully saturated rings. The first-order chi connectivity index (χ1) is 12.1. The van der Waals surface area contributed by atoms with Gasteiger partial charge in [-0.3, -0.25) is 4.79 Å². The maximum absolute atomic E-state index is 13.0. The van der Waals surface area contributed by atoms with Crippen LogP contribution in [0.25, 0.3) is 0 Å². The van der Waals surface area contributed by atoms with Crippen LogP contribution in [0.2, 0.25) is 0 Å².